The molecule has 1 saturated heterocycles. The van der Waals surface area contributed by atoms with E-state index in [9.17, 15) is 19.2 Å². The van der Waals surface area contributed by atoms with Crippen LogP contribution in [0.25, 0.3) is 0 Å². The topological polar surface area (TPSA) is 96.3 Å². The zero-order valence-corrected chi connectivity index (χ0v) is 11.5. The normalized spacial score (nSPS) is 24.9. The Hall–Kier alpha value is -2.25. The summed E-state index contributed by atoms with van der Waals surface area (Å²) in [5.41, 5.74) is -0.179. The van der Waals surface area contributed by atoms with Gasteiger partial charge in [0.1, 0.15) is 5.92 Å². The molecule has 2 aliphatic rings. The maximum Gasteiger partial charge on any atom is 0.355 e. The average Bonchev–Trinajstić information content (AvgIpc) is 2.89. The summed E-state index contributed by atoms with van der Waals surface area (Å²) in [6.07, 6.45) is 0. The number of hydrogen-bond donors (Lipinski definition) is 0. The third-order valence-electron chi connectivity index (χ3n) is 3.26. The van der Waals surface area contributed by atoms with Gasteiger partial charge in [0.25, 0.3) is 5.91 Å². The Morgan fingerprint density at radius 2 is 1.90 bits per heavy atom. The van der Waals surface area contributed by atoms with Crippen molar-refractivity contribution in [1.82, 2.24) is 9.91 Å². The van der Waals surface area contributed by atoms with E-state index in [1.165, 1.54) is 6.92 Å². The first-order valence-corrected chi connectivity index (χ1v) is 6.34. The van der Waals surface area contributed by atoms with Crippen LogP contribution >= 0.6 is 0 Å². The molecule has 108 valence electrons. The second-order valence-electron chi connectivity index (χ2n) is 4.41. The standard InChI is InChI=1S/C12H15N3O5/c1-4-14-10(17)7-8(12(19)20-5-2)13-15(6(3)16)9(7)11(14)18/h7,9H,4-5H2,1-3H3/t7-,9-/m0/s1. The number of hydrazone groups is 1. The number of likely N-dealkylation sites (N-methyl/N-ethyl adjacent to an activating group) is 1. The Morgan fingerprint density at radius 3 is 2.40 bits per heavy atom. The zero-order valence-electron chi connectivity index (χ0n) is 11.5. The molecule has 3 amide bonds. The van der Waals surface area contributed by atoms with Crippen molar-refractivity contribution >= 4 is 29.4 Å². The molecule has 8 heteroatoms. The van der Waals surface area contributed by atoms with Gasteiger partial charge in [-0.3, -0.25) is 19.3 Å². The molecule has 1 fully saturated rings. The zero-order chi connectivity index (χ0) is 15.0. The summed E-state index contributed by atoms with van der Waals surface area (Å²) >= 11 is 0. The summed E-state index contributed by atoms with van der Waals surface area (Å²) in [6.45, 7) is 4.80. The van der Waals surface area contributed by atoms with Gasteiger partial charge < -0.3 is 4.74 Å². The molecule has 0 aromatic heterocycles. The van der Waals surface area contributed by atoms with E-state index in [0.717, 1.165) is 9.91 Å². The van der Waals surface area contributed by atoms with Gasteiger partial charge in [0.2, 0.25) is 11.8 Å². The second kappa shape index (κ2) is 5.03. The molecule has 0 unspecified atom stereocenters. The van der Waals surface area contributed by atoms with E-state index in [2.05, 4.69) is 5.10 Å². The molecule has 0 radical (unpaired) electrons. The van der Waals surface area contributed by atoms with Gasteiger partial charge in [-0.2, -0.15) is 5.10 Å². The van der Waals surface area contributed by atoms with Crippen LogP contribution in [0.3, 0.4) is 0 Å². The molecule has 2 heterocycles. The van der Waals surface area contributed by atoms with E-state index in [1.807, 2.05) is 0 Å². The lowest BCUT2D eigenvalue weighted by molar-refractivity contribution is -0.143. The minimum absolute atomic E-state index is 0.120. The molecule has 0 N–H and O–H groups in total. The Bertz CT molecular complexity index is 527. The minimum atomic E-state index is -1.06. The summed E-state index contributed by atoms with van der Waals surface area (Å²) in [5, 5.41) is 4.71. The summed E-state index contributed by atoms with van der Waals surface area (Å²) in [5.74, 6) is -3.35. The van der Waals surface area contributed by atoms with Gasteiger partial charge in [0.15, 0.2) is 11.8 Å². The predicted octanol–water partition coefficient (Wildman–Crippen LogP) is -0.859. The molecule has 0 bridgehead atoms. The van der Waals surface area contributed by atoms with E-state index in [1.54, 1.807) is 13.8 Å². The average molecular weight is 281 g/mol. The molecule has 20 heavy (non-hydrogen) atoms. The van der Waals surface area contributed by atoms with E-state index in [-0.39, 0.29) is 18.9 Å². The second-order valence-corrected chi connectivity index (χ2v) is 4.41. The summed E-state index contributed by atoms with van der Waals surface area (Å²) in [6, 6.07) is -1.06. The molecule has 0 aliphatic carbocycles. The fraction of sp³-hybridized carbons (Fsp3) is 0.583. The lowest BCUT2D eigenvalue weighted by Gasteiger charge is -2.17. The predicted molar refractivity (Wildman–Crippen MR) is 66.3 cm³/mol. The Kier molecular flexibility index (Phi) is 3.56. The number of ether oxygens (including phenoxy) is 1. The number of rotatable bonds is 3. The summed E-state index contributed by atoms with van der Waals surface area (Å²) < 4.78 is 4.82. The van der Waals surface area contributed by atoms with Gasteiger partial charge in [-0.1, -0.05) is 0 Å². The highest BCUT2D eigenvalue weighted by Gasteiger charge is 2.58. The van der Waals surface area contributed by atoms with Gasteiger partial charge in [0.05, 0.1) is 6.61 Å². The summed E-state index contributed by atoms with van der Waals surface area (Å²) in [4.78, 5) is 48.8. The van der Waals surface area contributed by atoms with Crippen molar-refractivity contribution in [2.75, 3.05) is 13.2 Å². The number of fused-ring (bicyclic) bond motifs is 1. The highest BCUT2D eigenvalue weighted by atomic mass is 16.5. The quantitative estimate of drug-likeness (QED) is 0.495. The van der Waals surface area contributed by atoms with Crippen LogP contribution in [0.4, 0.5) is 0 Å². The lowest BCUT2D eigenvalue weighted by atomic mass is 9.98. The first-order chi connectivity index (χ1) is 9.43. The lowest BCUT2D eigenvalue weighted by Crippen LogP contribution is -2.41. The fourth-order valence-corrected chi connectivity index (χ4v) is 2.42. The first kappa shape index (κ1) is 14.2. The van der Waals surface area contributed by atoms with Crippen molar-refractivity contribution in [3.8, 4) is 0 Å². The molecule has 2 atom stereocenters. The molecule has 0 aromatic carbocycles. The number of likely N-dealkylation sites (tertiary alicyclic amines) is 1. The molecular weight excluding hydrogens is 266 g/mol. The largest absolute Gasteiger partial charge is 0.461 e. The number of nitrogens with zero attached hydrogens (tertiary/aromatic N) is 3. The van der Waals surface area contributed by atoms with Crippen molar-refractivity contribution in [2.45, 2.75) is 26.8 Å². The molecule has 0 saturated carbocycles. The number of carbonyl (C=O) groups excluding carboxylic acids is 4. The van der Waals surface area contributed by atoms with Gasteiger partial charge in [-0.15, -0.1) is 0 Å². The maximum absolute atomic E-state index is 12.2. The maximum atomic E-state index is 12.2. The number of hydrogen-bond acceptors (Lipinski definition) is 6. The number of esters is 1. The molecule has 0 spiro atoms. The molecule has 0 aromatic rings. The third-order valence-corrected chi connectivity index (χ3v) is 3.26. The van der Waals surface area contributed by atoms with Gasteiger partial charge in [-0.25, -0.2) is 9.80 Å². The minimum Gasteiger partial charge on any atom is -0.461 e. The van der Waals surface area contributed by atoms with Crippen molar-refractivity contribution in [1.29, 1.82) is 0 Å². The molecular formula is C12H15N3O5. The van der Waals surface area contributed by atoms with Crippen LogP contribution in [0.1, 0.15) is 20.8 Å². The number of amides is 3. The van der Waals surface area contributed by atoms with E-state index in [0.29, 0.717) is 0 Å². The highest BCUT2D eigenvalue weighted by molar-refractivity contribution is 6.44. The van der Waals surface area contributed by atoms with E-state index >= 15 is 0 Å². The monoisotopic (exact) mass is 281 g/mol. The number of imide groups is 1. The Labute approximate surface area is 115 Å². The van der Waals surface area contributed by atoms with Crippen LogP contribution in [-0.2, 0) is 23.9 Å². The van der Waals surface area contributed by atoms with Crippen molar-refractivity contribution in [3.05, 3.63) is 0 Å². The summed E-state index contributed by atoms with van der Waals surface area (Å²) in [7, 11) is 0. The SMILES string of the molecule is CCOC(=O)C1=NN(C(C)=O)[C@@H]2C(=O)N(CC)C(=O)[C@@H]12. The van der Waals surface area contributed by atoms with Crippen LogP contribution in [0.15, 0.2) is 5.10 Å². The van der Waals surface area contributed by atoms with Crippen LogP contribution in [0.5, 0.6) is 0 Å². The van der Waals surface area contributed by atoms with Gasteiger partial charge >= 0.3 is 5.97 Å². The highest BCUT2D eigenvalue weighted by Crippen LogP contribution is 2.32. The van der Waals surface area contributed by atoms with Gasteiger partial charge in [-0.05, 0) is 13.8 Å². The smallest absolute Gasteiger partial charge is 0.355 e. The van der Waals surface area contributed by atoms with E-state index < -0.39 is 35.7 Å². The van der Waals surface area contributed by atoms with Crippen LogP contribution < -0.4 is 0 Å². The van der Waals surface area contributed by atoms with Gasteiger partial charge in [0, 0.05) is 13.5 Å². The van der Waals surface area contributed by atoms with Crippen LogP contribution in [-0.4, -0.2) is 58.5 Å². The van der Waals surface area contributed by atoms with Crippen molar-refractivity contribution < 1.29 is 23.9 Å². The first-order valence-electron chi connectivity index (χ1n) is 6.34. The van der Waals surface area contributed by atoms with E-state index in [4.69, 9.17) is 4.74 Å². The van der Waals surface area contributed by atoms with Crippen LogP contribution in [0, 0.1) is 5.92 Å². The molecule has 2 rings (SSSR count). The fourth-order valence-electron chi connectivity index (χ4n) is 2.42. The number of carbonyl (C=O) groups is 4. The van der Waals surface area contributed by atoms with Crippen molar-refractivity contribution in [2.24, 2.45) is 11.0 Å². The Morgan fingerprint density at radius 1 is 1.25 bits per heavy atom. The van der Waals surface area contributed by atoms with Crippen LogP contribution in [0.2, 0.25) is 0 Å². The molecule has 8 nitrogen and oxygen atoms in total. The van der Waals surface area contributed by atoms with Crippen molar-refractivity contribution in [3.63, 3.8) is 0 Å². The Balaban J connectivity index is 2.42. The molecule has 2 aliphatic heterocycles. The third kappa shape index (κ3) is 1.87.